The van der Waals surface area contributed by atoms with E-state index in [-0.39, 0.29) is 17.8 Å². The highest BCUT2D eigenvalue weighted by molar-refractivity contribution is 8.00. The SMILES string of the molecule is Nc1ccc(C2Sc3ccccc3C=C2c2ccc3c(c2)NC(=O)CO3)cc1. The smallest absolute Gasteiger partial charge is 0.262 e. The zero-order valence-corrected chi connectivity index (χ0v) is 15.8. The van der Waals surface area contributed by atoms with Gasteiger partial charge in [-0.1, -0.05) is 36.4 Å². The summed E-state index contributed by atoms with van der Waals surface area (Å²) in [4.78, 5) is 13.0. The molecule has 0 aliphatic carbocycles. The molecule has 2 aliphatic rings. The Hall–Kier alpha value is -3.18. The summed E-state index contributed by atoms with van der Waals surface area (Å²) < 4.78 is 5.51. The van der Waals surface area contributed by atoms with Gasteiger partial charge in [0.25, 0.3) is 5.91 Å². The monoisotopic (exact) mass is 386 g/mol. The maximum absolute atomic E-state index is 11.7. The number of carbonyl (C=O) groups is 1. The third kappa shape index (κ3) is 3.04. The quantitative estimate of drug-likeness (QED) is 0.609. The summed E-state index contributed by atoms with van der Waals surface area (Å²) in [5.74, 6) is 0.578. The lowest BCUT2D eigenvalue weighted by Gasteiger charge is -2.27. The van der Waals surface area contributed by atoms with Crippen LogP contribution in [0.3, 0.4) is 0 Å². The molecule has 2 aliphatic heterocycles. The van der Waals surface area contributed by atoms with Crippen LogP contribution in [0.4, 0.5) is 11.4 Å². The normalized spacial score (nSPS) is 17.6. The first-order chi connectivity index (χ1) is 13.7. The second-order valence-electron chi connectivity index (χ2n) is 6.85. The van der Waals surface area contributed by atoms with Gasteiger partial charge in [0, 0.05) is 10.6 Å². The van der Waals surface area contributed by atoms with Gasteiger partial charge < -0.3 is 15.8 Å². The Labute approximate surface area is 167 Å². The molecular weight excluding hydrogens is 368 g/mol. The van der Waals surface area contributed by atoms with Crippen molar-refractivity contribution < 1.29 is 9.53 Å². The van der Waals surface area contributed by atoms with Gasteiger partial charge in [0.05, 0.1) is 10.9 Å². The predicted octanol–water partition coefficient (Wildman–Crippen LogP) is 4.99. The van der Waals surface area contributed by atoms with Crippen LogP contribution in [-0.2, 0) is 4.79 Å². The molecule has 0 fully saturated rings. The van der Waals surface area contributed by atoms with Crippen molar-refractivity contribution in [1.29, 1.82) is 0 Å². The van der Waals surface area contributed by atoms with E-state index in [9.17, 15) is 4.79 Å². The lowest BCUT2D eigenvalue weighted by Crippen LogP contribution is -2.25. The number of amides is 1. The van der Waals surface area contributed by atoms with Gasteiger partial charge in [0.15, 0.2) is 6.61 Å². The van der Waals surface area contributed by atoms with Crippen LogP contribution < -0.4 is 15.8 Å². The maximum Gasteiger partial charge on any atom is 0.262 e. The molecule has 5 heteroatoms. The third-order valence-corrected chi connectivity index (χ3v) is 6.33. The number of hydrogen-bond acceptors (Lipinski definition) is 4. The Balaban J connectivity index is 1.63. The number of hydrogen-bond donors (Lipinski definition) is 2. The van der Waals surface area contributed by atoms with Crippen molar-refractivity contribution in [3.05, 3.63) is 83.4 Å². The van der Waals surface area contributed by atoms with E-state index in [4.69, 9.17) is 10.5 Å². The first-order valence-electron chi connectivity index (χ1n) is 9.07. The largest absolute Gasteiger partial charge is 0.482 e. The van der Waals surface area contributed by atoms with Gasteiger partial charge in [0.2, 0.25) is 0 Å². The van der Waals surface area contributed by atoms with Crippen molar-refractivity contribution in [2.24, 2.45) is 0 Å². The summed E-state index contributed by atoms with van der Waals surface area (Å²) in [7, 11) is 0. The standard InChI is InChI=1S/C23H18N2O2S/c24-17-8-5-14(6-9-17)23-18(11-16-3-1-2-4-21(16)28-23)15-7-10-20-19(12-15)25-22(26)13-27-20/h1-12,23H,13,24H2,(H,25,26). The van der Waals surface area contributed by atoms with Gasteiger partial charge in [-0.2, -0.15) is 0 Å². The molecule has 0 saturated carbocycles. The van der Waals surface area contributed by atoms with Crippen LogP contribution in [-0.4, -0.2) is 12.5 Å². The van der Waals surface area contributed by atoms with Crippen molar-refractivity contribution >= 4 is 40.7 Å². The highest BCUT2D eigenvalue weighted by Crippen LogP contribution is 2.51. The zero-order chi connectivity index (χ0) is 19.1. The van der Waals surface area contributed by atoms with E-state index in [0.29, 0.717) is 5.75 Å². The van der Waals surface area contributed by atoms with Crippen molar-refractivity contribution in [1.82, 2.24) is 0 Å². The fourth-order valence-corrected chi connectivity index (χ4v) is 4.85. The second-order valence-corrected chi connectivity index (χ2v) is 8.00. The minimum Gasteiger partial charge on any atom is -0.482 e. The Morgan fingerprint density at radius 3 is 2.71 bits per heavy atom. The molecule has 138 valence electrons. The summed E-state index contributed by atoms with van der Waals surface area (Å²) in [5, 5.41) is 3.04. The number of rotatable bonds is 2. The molecular formula is C23H18N2O2S. The van der Waals surface area contributed by atoms with Crippen molar-refractivity contribution in [2.75, 3.05) is 17.7 Å². The molecule has 0 aromatic heterocycles. The van der Waals surface area contributed by atoms with Crippen molar-refractivity contribution in [3.8, 4) is 5.75 Å². The van der Waals surface area contributed by atoms with E-state index < -0.39 is 0 Å². The highest BCUT2D eigenvalue weighted by atomic mass is 32.2. The minimum absolute atomic E-state index is 0.0618. The van der Waals surface area contributed by atoms with E-state index >= 15 is 0 Å². The average molecular weight is 386 g/mol. The summed E-state index contributed by atoms with van der Waals surface area (Å²) in [5.41, 5.74) is 12.0. The minimum atomic E-state index is -0.128. The Bertz CT molecular complexity index is 1110. The van der Waals surface area contributed by atoms with Crippen LogP contribution in [0.2, 0.25) is 0 Å². The van der Waals surface area contributed by atoms with Gasteiger partial charge >= 0.3 is 0 Å². The second kappa shape index (κ2) is 6.77. The topological polar surface area (TPSA) is 64.3 Å². The lowest BCUT2D eigenvalue weighted by atomic mass is 9.94. The number of carbonyl (C=O) groups excluding carboxylic acids is 1. The number of nitrogens with one attached hydrogen (secondary N) is 1. The number of nitrogen functional groups attached to an aromatic ring is 1. The van der Waals surface area contributed by atoms with Crippen LogP contribution in [0.25, 0.3) is 11.6 Å². The summed E-state index contributed by atoms with van der Waals surface area (Å²) in [6, 6.07) is 22.4. The first kappa shape index (κ1) is 17.0. The summed E-state index contributed by atoms with van der Waals surface area (Å²) >= 11 is 1.83. The van der Waals surface area contributed by atoms with Crippen LogP contribution in [0.5, 0.6) is 5.75 Å². The molecule has 2 heterocycles. The molecule has 5 rings (SSSR count). The van der Waals surface area contributed by atoms with Crippen molar-refractivity contribution in [2.45, 2.75) is 10.1 Å². The molecule has 28 heavy (non-hydrogen) atoms. The molecule has 0 radical (unpaired) electrons. The molecule has 3 aromatic carbocycles. The first-order valence-corrected chi connectivity index (χ1v) is 9.95. The summed E-state index contributed by atoms with van der Waals surface area (Å²) in [6.45, 7) is 0.0618. The Kier molecular flexibility index (Phi) is 4.10. The predicted molar refractivity (Wildman–Crippen MR) is 114 cm³/mol. The lowest BCUT2D eigenvalue weighted by molar-refractivity contribution is -0.118. The van der Waals surface area contributed by atoms with Crippen LogP contribution in [0, 0.1) is 0 Å². The number of benzene rings is 3. The molecule has 0 spiro atoms. The molecule has 1 atom stereocenters. The molecule has 4 nitrogen and oxygen atoms in total. The molecule has 0 bridgehead atoms. The number of ether oxygens (including phenoxy) is 1. The fraction of sp³-hybridized carbons (Fsp3) is 0.0870. The van der Waals surface area contributed by atoms with Gasteiger partial charge in [-0.15, -0.1) is 11.8 Å². The summed E-state index contributed by atoms with van der Waals surface area (Å²) in [6.07, 6.45) is 2.24. The van der Waals surface area contributed by atoms with E-state index in [0.717, 1.165) is 16.9 Å². The van der Waals surface area contributed by atoms with Crippen LogP contribution in [0.1, 0.15) is 21.9 Å². The van der Waals surface area contributed by atoms with Gasteiger partial charge in [-0.3, -0.25) is 4.79 Å². The molecule has 1 unspecified atom stereocenters. The van der Waals surface area contributed by atoms with E-state index in [2.05, 4.69) is 53.9 Å². The highest BCUT2D eigenvalue weighted by Gasteiger charge is 2.26. The Morgan fingerprint density at radius 2 is 1.86 bits per heavy atom. The number of nitrogens with two attached hydrogens (primary N) is 1. The molecule has 3 N–H and O–H groups in total. The number of anilines is 2. The van der Waals surface area contributed by atoms with Gasteiger partial charge in [-0.25, -0.2) is 0 Å². The van der Waals surface area contributed by atoms with E-state index in [1.54, 1.807) is 0 Å². The van der Waals surface area contributed by atoms with Gasteiger partial charge in [0.1, 0.15) is 5.75 Å². The molecule has 3 aromatic rings. The number of fused-ring (bicyclic) bond motifs is 2. The fourth-order valence-electron chi connectivity index (χ4n) is 3.56. The molecule has 1 amide bonds. The third-order valence-electron chi connectivity index (χ3n) is 4.94. The zero-order valence-electron chi connectivity index (χ0n) is 15.0. The van der Waals surface area contributed by atoms with E-state index in [1.807, 2.05) is 36.0 Å². The van der Waals surface area contributed by atoms with Crippen LogP contribution >= 0.6 is 11.8 Å². The number of thioether (sulfide) groups is 1. The average Bonchev–Trinajstić information content (AvgIpc) is 2.73. The van der Waals surface area contributed by atoms with Crippen molar-refractivity contribution in [3.63, 3.8) is 0 Å². The molecule has 0 saturated heterocycles. The van der Waals surface area contributed by atoms with E-state index in [1.165, 1.54) is 21.6 Å². The maximum atomic E-state index is 11.7. The Morgan fingerprint density at radius 1 is 1.04 bits per heavy atom. The van der Waals surface area contributed by atoms with Crippen LogP contribution in [0.15, 0.2) is 71.6 Å². The van der Waals surface area contributed by atoms with Gasteiger partial charge in [-0.05, 0) is 58.7 Å².